The Hall–Kier alpha value is -1.43. The third-order valence-corrected chi connectivity index (χ3v) is 3.72. The average Bonchev–Trinajstić information content (AvgIpc) is 2.88. The summed E-state index contributed by atoms with van der Waals surface area (Å²) in [6, 6.07) is 7.96. The molecule has 1 atom stereocenters. The molecule has 0 saturated heterocycles. The summed E-state index contributed by atoms with van der Waals surface area (Å²) < 4.78 is 0. The van der Waals surface area contributed by atoms with E-state index in [0.29, 0.717) is 12.2 Å². The second-order valence-corrected chi connectivity index (χ2v) is 5.32. The molecule has 2 aromatic rings. The van der Waals surface area contributed by atoms with E-state index in [9.17, 15) is 4.79 Å². The van der Waals surface area contributed by atoms with E-state index in [-0.39, 0.29) is 24.4 Å². The number of nitrogens with zero attached hydrogens (tertiary/aromatic N) is 1. The van der Waals surface area contributed by atoms with Gasteiger partial charge in [0.25, 0.3) is 5.91 Å². The molecule has 1 heterocycles. The van der Waals surface area contributed by atoms with Crippen molar-refractivity contribution >= 4 is 29.7 Å². The summed E-state index contributed by atoms with van der Waals surface area (Å²) in [5.41, 5.74) is 8.15. The van der Waals surface area contributed by atoms with E-state index >= 15 is 0 Å². The molecule has 1 amide bonds. The lowest BCUT2D eigenvalue weighted by atomic mass is 10.1. The molecule has 0 saturated carbocycles. The molecule has 1 aromatic carbocycles. The summed E-state index contributed by atoms with van der Waals surface area (Å²) in [7, 11) is 0. The maximum atomic E-state index is 11.9. The van der Waals surface area contributed by atoms with Crippen LogP contribution in [0.3, 0.4) is 0 Å². The van der Waals surface area contributed by atoms with Crippen LogP contribution in [0.25, 0.3) is 10.6 Å². The molecule has 4 nitrogen and oxygen atoms in total. The van der Waals surface area contributed by atoms with Crippen LogP contribution < -0.4 is 11.1 Å². The number of nitrogens with two attached hydrogens (primary N) is 1. The molecular weight excluding hydrogens is 294 g/mol. The van der Waals surface area contributed by atoms with Gasteiger partial charge in [0.1, 0.15) is 10.7 Å². The number of hydrogen-bond donors (Lipinski definition) is 2. The minimum Gasteiger partial charge on any atom is -0.347 e. The van der Waals surface area contributed by atoms with Gasteiger partial charge >= 0.3 is 0 Å². The molecule has 2 rings (SSSR count). The first-order chi connectivity index (χ1) is 9.11. The van der Waals surface area contributed by atoms with Gasteiger partial charge in [-0.05, 0) is 19.4 Å². The van der Waals surface area contributed by atoms with Crippen molar-refractivity contribution in [1.29, 1.82) is 0 Å². The Balaban J connectivity index is 0.00000200. The van der Waals surface area contributed by atoms with Crippen LogP contribution in [0.5, 0.6) is 0 Å². The first kappa shape index (κ1) is 16.6. The van der Waals surface area contributed by atoms with Crippen molar-refractivity contribution in [2.75, 3.05) is 6.54 Å². The Bertz CT molecular complexity index is 585. The van der Waals surface area contributed by atoms with Gasteiger partial charge in [0, 0.05) is 23.5 Å². The second kappa shape index (κ2) is 7.38. The SMILES string of the molecule is Cc1ccccc1-c1nc(C(=O)N[C@@H](C)CN)cs1.Cl. The van der Waals surface area contributed by atoms with E-state index in [1.54, 1.807) is 5.38 Å². The molecule has 0 bridgehead atoms. The summed E-state index contributed by atoms with van der Waals surface area (Å²) in [4.78, 5) is 16.3. The number of thiazole rings is 1. The molecule has 0 aliphatic rings. The number of hydrogen-bond acceptors (Lipinski definition) is 4. The molecule has 3 N–H and O–H groups in total. The van der Waals surface area contributed by atoms with Gasteiger partial charge in [0.15, 0.2) is 0 Å². The number of nitrogens with one attached hydrogen (secondary N) is 1. The second-order valence-electron chi connectivity index (χ2n) is 4.46. The lowest BCUT2D eigenvalue weighted by Gasteiger charge is -2.09. The fraction of sp³-hybridized carbons (Fsp3) is 0.286. The van der Waals surface area contributed by atoms with Crippen molar-refractivity contribution in [2.24, 2.45) is 5.73 Å². The molecule has 0 spiro atoms. The van der Waals surface area contributed by atoms with Crippen LogP contribution >= 0.6 is 23.7 Å². The van der Waals surface area contributed by atoms with Crippen molar-refractivity contribution in [1.82, 2.24) is 10.3 Å². The monoisotopic (exact) mass is 311 g/mol. The smallest absolute Gasteiger partial charge is 0.271 e. The van der Waals surface area contributed by atoms with E-state index < -0.39 is 0 Å². The van der Waals surface area contributed by atoms with E-state index in [2.05, 4.69) is 10.3 Å². The zero-order chi connectivity index (χ0) is 13.8. The number of aryl methyl sites for hydroxylation is 1. The van der Waals surface area contributed by atoms with Crippen LogP contribution in [0.4, 0.5) is 0 Å². The first-order valence-corrected chi connectivity index (χ1v) is 7.02. The van der Waals surface area contributed by atoms with E-state index in [1.165, 1.54) is 11.3 Å². The van der Waals surface area contributed by atoms with Gasteiger partial charge in [-0.25, -0.2) is 4.98 Å². The summed E-state index contributed by atoms with van der Waals surface area (Å²) >= 11 is 1.48. The third-order valence-electron chi connectivity index (χ3n) is 2.84. The topological polar surface area (TPSA) is 68.0 Å². The first-order valence-electron chi connectivity index (χ1n) is 6.14. The number of rotatable bonds is 4. The van der Waals surface area contributed by atoms with E-state index in [0.717, 1.165) is 16.1 Å². The maximum Gasteiger partial charge on any atom is 0.271 e. The standard InChI is InChI=1S/C14H17N3OS.ClH/c1-9-5-3-4-6-11(9)14-17-12(8-19-14)13(18)16-10(2)7-15;/h3-6,8,10H,7,15H2,1-2H3,(H,16,18);1H/t10-;/m0./s1. The largest absolute Gasteiger partial charge is 0.347 e. The summed E-state index contributed by atoms with van der Waals surface area (Å²) in [5.74, 6) is -0.172. The Morgan fingerprint density at radius 3 is 2.80 bits per heavy atom. The summed E-state index contributed by atoms with van der Waals surface area (Å²) in [6.45, 7) is 4.32. The molecule has 108 valence electrons. The number of halogens is 1. The van der Waals surface area contributed by atoms with Crippen molar-refractivity contribution in [3.8, 4) is 10.6 Å². The van der Waals surface area contributed by atoms with Crippen molar-refractivity contribution in [3.05, 3.63) is 40.9 Å². The molecule has 20 heavy (non-hydrogen) atoms. The molecule has 0 aliphatic heterocycles. The van der Waals surface area contributed by atoms with E-state index in [1.807, 2.05) is 38.1 Å². The van der Waals surface area contributed by atoms with E-state index in [4.69, 9.17) is 5.73 Å². The molecule has 0 fully saturated rings. The van der Waals surface area contributed by atoms with Crippen molar-refractivity contribution in [3.63, 3.8) is 0 Å². The number of aromatic nitrogens is 1. The fourth-order valence-electron chi connectivity index (χ4n) is 1.67. The summed E-state index contributed by atoms with van der Waals surface area (Å²) in [5, 5.41) is 5.45. The van der Waals surface area contributed by atoms with Crippen molar-refractivity contribution < 1.29 is 4.79 Å². The Morgan fingerprint density at radius 1 is 1.45 bits per heavy atom. The lowest BCUT2D eigenvalue weighted by molar-refractivity contribution is 0.0937. The molecule has 0 radical (unpaired) electrons. The average molecular weight is 312 g/mol. The molecule has 1 aromatic heterocycles. The van der Waals surface area contributed by atoms with Gasteiger partial charge in [-0.2, -0.15) is 0 Å². The molecule has 0 aliphatic carbocycles. The highest BCUT2D eigenvalue weighted by Crippen LogP contribution is 2.26. The van der Waals surface area contributed by atoms with Crippen molar-refractivity contribution in [2.45, 2.75) is 19.9 Å². The highest BCUT2D eigenvalue weighted by molar-refractivity contribution is 7.13. The highest BCUT2D eigenvalue weighted by atomic mass is 35.5. The number of amides is 1. The number of carbonyl (C=O) groups is 1. The van der Waals surface area contributed by atoms with Gasteiger partial charge in [0.2, 0.25) is 0 Å². The van der Waals surface area contributed by atoms with Gasteiger partial charge < -0.3 is 11.1 Å². The number of benzene rings is 1. The van der Waals surface area contributed by atoms with Gasteiger partial charge in [-0.1, -0.05) is 24.3 Å². The zero-order valence-corrected chi connectivity index (χ0v) is 13.1. The van der Waals surface area contributed by atoms with Crippen LogP contribution in [-0.2, 0) is 0 Å². The quantitative estimate of drug-likeness (QED) is 0.912. The molecular formula is C14H18ClN3OS. The zero-order valence-electron chi connectivity index (χ0n) is 11.4. The molecule has 0 unspecified atom stereocenters. The minimum atomic E-state index is -0.172. The van der Waals surface area contributed by atoms with Gasteiger partial charge in [-0.15, -0.1) is 23.7 Å². The predicted octanol–water partition coefficient (Wildman–Crippen LogP) is 2.62. The number of carbonyl (C=O) groups excluding carboxylic acids is 1. The fourth-order valence-corrected chi connectivity index (χ4v) is 2.56. The Kier molecular flexibility index (Phi) is 6.13. The van der Waals surface area contributed by atoms with Crippen LogP contribution in [-0.4, -0.2) is 23.5 Å². The predicted molar refractivity (Wildman–Crippen MR) is 85.5 cm³/mol. The van der Waals surface area contributed by atoms with Gasteiger partial charge in [0.05, 0.1) is 0 Å². The van der Waals surface area contributed by atoms with Gasteiger partial charge in [-0.3, -0.25) is 4.79 Å². The lowest BCUT2D eigenvalue weighted by Crippen LogP contribution is -2.37. The van der Waals surface area contributed by atoms with Crippen LogP contribution in [0.2, 0.25) is 0 Å². The maximum absolute atomic E-state index is 11.9. The molecule has 6 heteroatoms. The van der Waals surface area contributed by atoms with Crippen LogP contribution in [0, 0.1) is 6.92 Å². The summed E-state index contributed by atoms with van der Waals surface area (Å²) in [6.07, 6.45) is 0. The van der Waals surface area contributed by atoms with Crippen LogP contribution in [0.1, 0.15) is 23.0 Å². The van der Waals surface area contributed by atoms with Crippen LogP contribution in [0.15, 0.2) is 29.6 Å². The Morgan fingerprint density at radius 2 is 2.15 bits per heavy atom. The normalized spacial score (nSPS) is 11.6. The third kappa shape index (κ3) is 3.79. The highest BCUT2D eigenvalue weighted by Gasteiger charge is 2.14. The Labute approximate surface area is 128 Å². The minimum absolute atomic E-state index is 0.